The molecule has 2 heterocycles. The zero-order valence-electron chi connectivity index (χ0n) is 17.0. The van der Waals surface area contributed by atoms with E-state index in [4.69, 9.17) is 4.42 Å². The van der Waals surface area contributed by atoms with Crippen molar-refractivity contribution in [1.29, 1.82) is 0 Å². The maximum Gasteiger partial charge on any atom is 0.294 e. The number of nitrogens with one attached hydrogen (secondary N) is 1. The van der Waals surface area contributed by atoms with E-state index in [-0.39, 0.29) is 10.6 Å². The van der Waals surface area contributed by atoms with Gasteiger partial charge in [-0.25, -0.2) is 0 Å². The second-order valence-electron chi connectivity index (χ2n) is 6.95. The van der Waals surface area contributed by atoms with Crippen molar-refractivity contribution in [3.8, 4) is 11.3 Å². The molecular formula is C22H13BrIN3O6S. The Balaban J connectivity index is 1.46. The van der Waals surface area contributed by atoms with Gasteiger partial charge in [-0.05, 0) is 92.7 Å². The van der Waals surface area contributed by atoms with Gasteiger partial charge in [0.15, 0.2) is 0 Å². The zero-order chi connectivity index (χ0) is 24.4. The number of hydrogen-bond acceptors (Lipinski definition) is 7. The minimum absolute atomic E-state index is 0.0675. The predicted octanol–water partition coefficient (Wildman–Crippen LogP) is 5.90. The van der Waals surface area contributed by atoms with Gasteiger partial charge in [0, 0.05) is 37.5 Å². The number of nitro groups is 1. The van der Waals surface area contributed by atoms with Gasteiger partial charge in [0.05, 0.1) is 9.83 Å². The molecule has 1 aliphatic heterocycles. The first-order chi connectivity index (χ1) is 16.2. The quantitative estimate of drug-likeness (QED) is 0.152. The fourth-order valence-electron chi connectivity index (χ4n) is 3.04. The normalized spacial score (nSPS) is 14.6. The molecule has 0 saturated carbocycles. The molecule has 2 aromatic carbocycles. The van der Waals surface area contributed by atoms with E-state index in [1.165, 1.54) is 18.2 Å². The molecule has 172 valence electrons. The van der Waals surface area contributed by atoms with Crippen LogP contribution in [0, 0.1) is 13.7 Å². The van der Waals surface area contributed by atoms with Crippen LogP contribution >= 0.6 is 50.3 Å². The highest BCUT2D eigenvalue weighted by Crippen LogP contribution is 2.35. The second kappa shape index (κ2) is 10.1. The van der Waals surface area contributed by atoms with Crippen molar-refractivity contribution >= 4 is 84.8 Å². The maximum absolute atomic E-state index is 12.7. The van der Waals surface area contributed by atoms with Crippen molar-refractivity contribution < 1.29 is 23.7 Å². The number of amides is 3. The Morgan fingerprint density at radius 1 is 1.18 bits per heavy atom. The van der Waals surface area contributed by atoms with E-state index in [1.807, 2.05) is 12.1 Å². The molecule has 0 atom stereocenters. The fraction of sp³-hybridized carbons (Fsp3) is 0.0455. The topological polar surface area (TPSA) is 123 Å². The van der Waals surface area contributed by atoms with Gasteiger partial charge in [0.2, 0.25) is 5.91 Å². The number of carbonyl (C=O) groups excluding carboxylic acids is 3. The van der Waals surface area contributed by atoms with Crippen LogP contribution in [0.3, 0.4) is 0 Å². The fourth-order valence-corrected chi connectivity index (χ4v) is 4.78. The maximum atomic E-state index is 12.7. The molecule has 1 N–H and O–H groups in total. The van der Waals surface area contributed by atoms with E-state index in [0.29, 0.717) is 39.0 Å². The number of thioether (sulfide) groups is 1. The van der Waals surface area contributed by atoms with Crippen LogP contribution in [0.2, 0.25) is 0 Å². The highest BCUT2D eigenvalue weighted by Gasteiger charge is 2.36. The Hall–Kier alpha value is -2.97. The van der Waals surface area contributed by atoms with Crippen LogP contribution < -0.4 is 5.32 Å². The summed E-state index contributed by atoms with van der Waals surface area (Å²) < 4.78 is 7.23. The van der Waals surface area contributed by atoms with Gasteiger partial charge in [0.25, 0.3) is 16.8 Å². The third-order valence-electron chi connectivity index (χ3n) is 4.63. The highest BCUT2D eigenvalue weighted by molar-refractivity contribution is 14.1. The van der Waals surface area contributed by atoms with Crippen LogP contribution in [0.25, 0.3) is 17.4 Å². The summed E-state index contributed by atoms with van der Waals surface area (Å²) in [6, 6.07) is 14.6. The molecular weight excluding hydrogens is 641 g/mol. The molecule has 34 heavy (non-hydrogen) atoms. The molecule has 0 spiro atoms. The summed E-state index contributed by atoms with van der Waals surface area (Å²) >= 11 is 6.15. The minimum Gasteiger partial charge on any atom is -0.457 e. The zero-order valence-corrected chi connectivity index (χ0v) is 21.5. The first kappa shape index (κ1) is 24.2. The Morgan fingerprint density at radius 2 is 1.91 bits per heavy atom. The van der Waals surface area contributed by atoms with E-state index in [9.17, 15) is 24.5 Å². The first-order valence-corrected chi connectivity index (χ1v) is 12.2. The Bertz CT molecular complexity index is 1350. The average Bonchev–Trinajstić information content (AvgIpc) is 3.35. The molecule has 1 aliphatic rings. The molecule has 1 fully saturated rings. The van der Waals surface area contributed by atoms with E-state index in [1.54, 1.807) is 30.3 Å². The van der Waals surface area contributed by atoms with Crippen molar-refractivity contribution in [2.75, 3.05) is 11.9 Å². The lowest BCUT2D eigenvalue weighted by Crippen LogP contribution is -2.36. The molecule has 3 aromatic rings. The Morgan fingerprint density at radius 3 is 2.59 bits per heavy atom. The van der Waals surface area contributed by atoms with Crippen molar-refractivity contribution in [2.45, 2.75) is 0 Å². The number of imide groups is 1. The van der Waals surface area contributed by atoms with Crippen LogP contribution in [-0.2, 0) is 9.59 Å². The summed E-state index contributed by atoms with van der Waals surface area (Å²) in [5, 5.41) is 13.0. The summed E-state index contributed by atoms with van der Waals surface area (Å²) in [5.41, 5.74) is 1.08. The number of furan rings is 1. The Kier molecular flexibility index (Phi) is 7.19. The average molecular weight is 654 g/mol. The van der Waals surface area contributed by atoms with Crippen molar-refractivity contribution in [3.63, 3.8) is 0 Å². The number of hydrogen-bond donors (Lipinski definition) is 1. The lowest BCUT2D eigenvalue weighted by atomic mass is 10.1. The molecule has 12 heteroatoms. The van der Waals surface area contributed by atoms with Gasteiger partial charge in [-0.1, -0.05) is 0 Å². The molecule has 1 aromatic heterocycles. The molecule has 9 nitrogen and oxygen atoms in total. The number of rotatable bonds is 6. The van der Waals surface area contributed by atoms with Gasteiger partial charge in [0.1, 0.15) is 18.1 Å². The van der Waals surface area contributed by atoms with Crippen LogP contribution in [0.4, 0.5) is 16.2 Å². The first-order valence-electron chi connectivity index (χ1n) is 9.56. The van der Waals surface area contributed by atoms with Crippen molar-refractivity contribution in [1.82, 2.24) is 4.90 Å². The van der Waals surface area contributed by atoms with Gasteiger partial charge in [-0.2, -0.15) is 0 Å². The number of benzene rings is 2. The van der Waals surface area contributed by atoms with Gasteiger partial charge >= 0.3 is 0 Å². The minimum atomic E-state index is -0.595. The monoisotopic (exact) mass is 653 g/mol. The molecule has 1 saturated heterocycles. The van der Waals surface area contributed by atoms with Crippen molar-refractivity contribution in [2.24, 2.45) is 0 Å². The Labute approximate surface area is 219 Å². The highest BCUT2D eigenvalue weighted by atomic mass is 127. The van der Waals surface area contributed by atoms with Crippen LogP contribution in [0.1, 0.15) is 5.76 Å². The van der Waals surface area contributed by atoms with Gasteiger partial charge in [-0.15, -0.1) is 0 Å². The number of carbonyl (C=O) groups is 3. The van der Waals surface area contributed by atoms with Gasteiger partial charge < -0.3 is 9.73 Å². The number of nitrogens with zero attached hydrogens (tertiary/aromatic N) is 2. The van der Waals surface area contributed by atoms with E-state index < -0.39 is 28.5 Å². The second-order valence-corrected chi connectivity index (χ2v) is 10.0. The molecule has 0 aliphatic carbocycles. The smallest absolute Gasteiger partial charge is 0.294 e. The molecule has 0 bridgehead atoms. The van der Waals surface area contributed by atoms with Crippen LogP contribution in [0.5, 0.6) is 0 Å². The number of nitro benzene ring substituents is 1. The summed E-state index contributed by atoms with van der Waals surface area (Å²) in [7, 11) is 0. The summed E-state index contributed by atoms with van der Waals surface area (Å²) in [6.07, 6.45) is 1.42. The van der Waals surface area contributed by atoms with E-state index in [2.05, 4.69) is 43.8 Å². The largest absolute Gasteiger partial charge is 0.457 e. The molecule has 4 rings (SSSR count). The summed E-state index contributed by atoms with van der Waals surface area (Å²) in [6.45, 7) is -0.410. The number of anilines is 1. The van der Waals surface area contributed by atoms with Crippen molar-refractivity contribution in [3.05, 3.63) is 83.4 Å². The molecule has 0 radical (unpaired) electrons. The summed E-state index contributed by atoms with van der Waals surface area (Å²) in [5.74, 6) is -0.353. The lowest BCUT2D eigenvalue weighted by molar-refractivity contribution is -0.384. The molecule has 3 amide bonds. The summed E-state index contributed by atoms with van der Waals surface area (Å²) in [4.78, 5) is 48.8. The predicted molar refractivity (Wildman–Crippen MR) is 139 cm³/mol. The van der Waals surface area contributed by atoms with Crippen LogP contribution in [0.15, 0.2) is 68.4 Å². The van der Waals surface area contributed by atoms with E-state index in [0.717, 1.165) is 8.47 Å². The van der Waals surface area contributed by atoms with Crippen LogP contribution in [-0.4, -0.2) is 33.4 Å². The molecule has 0 unspecified atom stereocenters. The van der Waals surface area contributed by atoms with E-state index >= 15 is 0 Å². The number of halogens is 2. The standard InChI is InChI=1S/C22H13BrIN3O6S/c23-17-9-14(27(31)32)5-7-16(17)18-8-6-15(33-18)10-19-21(29)26(22(30)34-19)11-20(28)25-13-3-1-12(24)2-4-13/h1-10H,11H2,(H,25,28)/b19-10-. The third kappa shape index (κ3) is 5.39. The lowest BCUT2D eigenvalue weighted by Gasteiger charge is -2.12. The SMILES string of the molecule is O=C(CN1C(=O)S/C(=C\c2ccc(-c3ccc([N+](=O)[O-])cc3Br)o2)C1=O)Nc1ccc(I)cc1. The third-order valence-corrected chi connectivity index (χ3v) is 6.92. The van der Waals surface area contributed by atoms with Gasteiger partial charge in [-0.3, -0.25) is 29.4 Å². The number of non-ortho nitro benzene ring substituents is 1.